The molecule has 11 heteroatoms. The molecule has 0 amide bonds. The zero-order valence-corrected chi connectivity index (χ0v) is 31.0. The van der Waals surface area contributed by atoms with Crippen LogP contribution in [0.2, 0.25) is 0 Å². The van der Waals surface area contributed by atoms with Crippen LogP contribution in [0.3, 0.4) is 0 Å². The predicted molar refractivity (Wildman–Crippen MR) is 198 cm³/mol. The largest absolute Gasteiger partial charge is 0.494 e. The van der Waals surface area contributed by atoms with Crippen LogP contribution in [0.4, 0.5) is 0 Å². The monoisotopic (exact) mass is 717 g/mol. The summed E-state index contributed by atoms with van der Waals surface area (Å²) >= 11 is 0. The second-order valence-electron chi connectivity index (χ2n) is 12.3. The van der Waals surface area contributed by atoms with E-state index in [0.29, 0.717) is 80.6 Å². The first-order valence-corrected chi connectivity index (χ1v) is 17.4. The van der Waals surface area contributed by atoms with E-state index in [9.17, 15) is 0 Å². The molecule has 2 unspecified atom stereocenters. The Balaban J connectivity index is 1.29. The Labute approximate surface area is 306 Å². The minimum atomic E-state index is -0.216. The van der Waals surface area contributed by atoms with Crippen LogP contribution in [0, 0.1) is 0 Å². The second-order valence-corrected chi connectivity index (χ2v) is 12.3. The highest BCUT2D eigenvalue weighted by Gasteiger charge is 2.36. The summed E-state index contributed by atoms with van der Waals surface area (Å²) in [4.78, 5) is 0. The Hall–Kier alpha value is -4.68. The number of hydrogen-bond donors (Lipinski definition) is 1. The minimum Gasteiger partial charge on any atom is -0.494 e. The van der Waals surface area contributed by atoms with Crippen LogP contribution in [-0.2, 0) is 34.0 Å². The van der Waals surface area contributed by atoms with Crippen molar-refractivity contribution in [2.45, 2.75) is 44.4 Å². The van der Waals surface area contributed by atoms with Gasteiger partial charge in [-0.3, -0.25) is 0 Å². The summed E-state index contributed by atoms with van der Waals surface area (Å²) < 4.78 is 58.5. The van der Waals surface area contributed by atoms with Gasteiger partial charge in [0.1, 0.15) is 5.75 Å². The summed E-state index contributed by atoms with van der Waals surface area (Å²) in [5.74, 6) is 4.07. The van der Waals surface area contributed by atoms with Gasteiger partial charge in [-0.25, -0.2) is 0 Å². The molecule has 52 heavy (non-hydrogen) atoms. The molecular formula is C41H51NO10. The third-order valence-electron chi connectivity index (χ3n) is 8.95. The van der Waals surface area contributed by atoms with E-state index in [2.05, 4.69) is 29.6 Å². The number of piperidine rings is 1. The van der Waals surface area contributed by atoms with Crippen molar-refractivity contribution in [2.24, 2.45) is 0 Å². The van der Waals surface area contributed by atoms with Crippen LogP contribution < -0.4 is 38.5 Å². The zero-order chi connectivity index (χ0) is 36.7. The van der Waals surface area contributed by atoms with Crippen LogP contribution in [0.5, 0.6) is 40.2 Å². The van der Waals surface area contributed by atoms with Gasteiger partial charge in [0.25, 0.3) is 0 Å². The molecule has 1 aliphatic heterocycles. The van der Waals surface area contributed by atoms with Crippen molar-refractivity contribution in [1.29, 1.82) is 0 Å². The standard InChI is InChI=1S/C41H51NO10/c1-43-33-19-29(20-34(44-2)40(33)47-5)26-51-37-23-42-24-38(52-27-30-21-35(45-3)41(48-6)36(22-30)46-4)39(37)31-13-15-32(16-14-31)50-18-10-17-49-25-28-11-8-7-9-12-28/h7-9,11-16,19-22,37-39,42H,10,17-18,23-27H2,1-6H3. The van der Waals surface area contributed by atoms with Crippen molar-refractivity contribution < 1.29 is 47.4 Å². The Morgan fingerprint density at radius 2 is 1.04 bits per heavy atom. The molecule has 5 rings (SSSR count). The summed E-state index contributed by atoms with van der Waals surface area (Å²) in [5.41, 5.74) is 4.04. The molecule has 0 spiro atoms. The van der Waals surface area contributed by atoms with Gasteiger partial charge in [-0.15, -0.1) is 0 Å². The van der Waals surface area contributed by atoms with Gasteiger partial charge in [-0.2, -0.15) is 0 Å². The van der Waals surface area contributed by atoms with E-state index < -0.39 is 0 Å². The molecule has 1 heterocycles. The van der Waals surface area contributed by atoms with Gasteiger partial charge in [0.2, 0.25) is 11.5 Å². The van der Waals surface area contributed by atoms with E-state index in [0.717, 1.165) is 34.4 Å². The molecule has 0 aromatic heterocycles. The Morgan fingerprint density at radius 1 is 0.538 bits per heavy atom. The van der Waals surface area contributed by atoms with Gasteiger partial charge in [0, 0.05) is 25.4 Å². The first kappa shape index (κ1) is 38.5. The molecule has 11 nitrogen and oxygen atoms in total. The summed E-state index contributed by atoms with van der Waals surface area (Å²) in [7, 11) is 9.59. The second kappa shape index (κ2) is 19.8. The lowest BCUT2D eigenvalue weighted by molar-refractivity contribution is -0.0651. The number of hydrogen-bond acceptors (Lipinski definition) is 11. The molecule has 1 fully saturated rings. The lowest BCUT2D eigenvalue weighted by Gasteiger charge is -2.39. The highest BCUT2D eigenvalue weighted by atomic mass is 16.5. The van der Waals surface area contributed by atoms with Gasteiger partial charge >= 0.3 is 0 Å². The summed E-state index contributed by atoms with van der Waals surface area (Å²) in [6.07, 6.45) is 0.356. The molecule has 280 valence electrons. The lowest BCUT2D eigenvalue weighted by Crippen LogP contribution is -2.50. The number of benzene rings is 4. The van der Waals surface area contributed by atoms with Crippen LogP contribution in [0.25, 0.3) is 0 Å². The van der Waals surface area contributed by atoms with Gasteiger partial charge < -0.3 is 52.7 Å². The Kier molecular flexibility index (Phi) is 14.7. The molecule has 1 N–H and O–H groups in total. The van der Waals surface area contributed by atoms with Crippen molar-refractivity contribution in [3.63, 3.8) is 0 Å². The average molecular weight is 718 g/mol. The van der Waals surface area contributed by atoms with Gasteiger partial charge in [0.05, 0.1) is 87.9 Å². The first-order valence-electron chi connectivity index (χ1n) is 17.4. The molecule has 4 aromatic rings. The molecule has 1 aliphatic rings. The van der Waals surface area contributed by atoms with Gasteiger partial charge in [-0.1, -0.05) is 42.5 Å². The first-order chi connectivity index (χ1) is 25.5. The lowest BCUT2D eigenvalue weighted by atomic mass is 9.85. The minimum absolute atomic E-state index is 0.0919. The molecule has 4 aromatic carbocycles. The normalized spacial score (nSPS) is 16.9. The maximum absolute atomic E-state index is 6.66. The molecule has 2 atom stereocenters. The third-order valence-corrected chi connectivity index (χ3v) is 8.95. The SMILES string of the molecule is COc1cc(COC2CNCC(OCc3cc(OC)c(OC)c(OC)c3)C2c2ccc(OCCCOCc3ccccc3)cc2)cc(OC)c1OC. The van der Waals surface area contributed by atoms with Gasteiger partial charge in [-0.05, 0) is 58.7 Å². The predicted octanol–water partition coefficient (Wildman–Crippen LogP) is 6.58. The molecule has 0 saturated carbocycles. The highest BCUT2D eigenvalue weighted by molar-refractivity contribution is 5.54. The van der Waals surface area contributed by atoms with E-state index >= 15 is 0 Å². The molecule has 0 radical (unpaired) electrons. The van der Waals surface area contributed by atoms with E-state index in [1.165, 1.54) is 0 Å². The van der Waals surface area contributed by atoms with E-state index in [1.807, 2.05) is 54.6 Å². The number of ether oxygens (including phenoxy) is 10. The van der Waals surface area contributed by atoms with Crippen molar-refractivity contribution in [1.82, 2.24) is 5.32 Å². The van der Waals surface area contributed by atoms with Crippen molar-refractivity contribution >= 4 is 0 Å². The summed E-state index contributed by atoms with van der Waals surface area (Å²) in [5, 5.41) is 3.53. The van der Waals surface area contributed by atoms with Crippen LogP contribution in [0.15, 0.2) is 78.9 Å². The van der Waals surface area contributed by atoms with Crippen LogP contribution in [0.1, 0.15) is 34.6 Å². The van der Waals surface area contributed by atoms with Crippen LogP contribution >= 0.6 is 0 Å². The quantitative estimate of drug-likeness (QED) is 0.100. The maximum Gasteiger partial charge on any atom is 0.203 e. The third kappa shape index (κ3) is 10.0. The topological polar surface area (TPSA) is 104 Å². The van der Waals surface area contributed by atoms with Crippen LogP contribution in [-0.4, -0.2) is 81.2 Å². The number of nitrogens with one attached hydrogen (secondary N) is 1. The number of methoxy groups -OCH3 is 6. The van der Waals surface area contributed by atoms with Crippen molar-refractivity contribution in [2.75, 3.05) is 69.0 Å². The molecule has 1 saturated heterocycles. The molecular weight excluding hydrogens is 666 g/mol. The zero-order valence-electron chi connectivity index (χ0n) is 31.0. The smallest absolute Gasteiger partial charge is 0.203 e. The summed E-state index contributed by atoms with van der Waals surface area (Å²) in [6.45, 7) is 3.71. The van der Waals surface area contributed by atoms with E-state index in [1.54, 1.807) is 42.7 Å². The molecule has 0 bridgehead atoms. The van der Waals surface area contributed by atoms with E-state index in [4.69, 9.17) is 47.4 Å². The maximum atomic E-state index is 6.66. The fourth-order valence-electron chi connectivity index (χ4n) is 6.36. The van der Waals surface area contributed by atoms with Gasteiger partial charge in [0.15, 0.2) is 23.0 Å². The fourth-order valence-corrected chi connectivity index (χ4v) is 6.36. The van der Waals surface area contributed by atoms with Crippen molar-refractivity contribution in [3.8, 4) is 40.2 Å². The highest BCUT2D eigenvalue weighted by Crippen LogP contribution is 2.40. The summed E-state index contributed by atoms with van der Waals surface area (Å²) in [6, 6.07) is 26.0. The Bertz CT molecular complexity index is 1540. The Morgan fingerprint density at radius 3 is 1.50 bits per heavy atom. The van der Waals surface area contributed by atoms with E-state index in [-0.39, 0.29) is 18.1 Å². The van der Waals surface area contributed by atoms with Crippen molar-refractivity contribution in [3.05, 3.63) is 101 Å². The average Bonchev–Trinajstić information content (AvgIpc) is 3.20. The molecule has 0 aliphatic carbocycles. The fraction of sp³-hybridized carbons (Fsp3) is 0.415. The number of rotatable bonds is 20.